The van der Waals surface area contributed by atoms with Crippen LogP contribution in [0.25, 0.3) is 0 Å². The molecule has 4 nitrogen and oxygen atoms in total. The van der Waals surface area contributed by atoms with E-state index in [0.717, 1.165) is 18.5 Å². The molecule has 0 bridgehead atoms. The largest absolute Gasteiger partial charge is 0.299 e. The zero-order valence-corrected chi connectivity index (χ0v) is 7.95. The summed E-state index contributed by atoms with van der Waals surface area (Å²) in [5, 5.41) is 4.17. The number of rotatable bonds is 0. The van der Waals surface area contributed by atoms with E-state index in [2.05, 4.69) is 5.10 Å². The van der Waals surface area contributed by atoms with E-state index in [0.29, 0.717) is 12.2 Å². The fourth-order valence-electron chi connectivity index (χ4n) is 1.67. The quantitative estimate of drug-likeness (QED) is 0.566. The van der Waals surface area contributed by atoms with Crippen molar-refractivity contribution in [3.8, 4) is 0 Å². The predicted molar refractivity (Wildman–Crippen MR) is 48.7 cm³/mol. The number of hydrogen-bond donors (Lipinski definition) is 0. The van der Waals surface area contributed by atoms with E-state index in [1.807, 2.05) is 25.2 Å². The minimum Gasteiger partial charge on any atom is -0.299 e. The van der Waals surface area contributed by atoms with Crippen LogP contribution in [0.15, 0.2) is 6.20 Å². The molecule has 70 valence electrons. The molecule has 0 amide bonds. The SMILES string of the molecule is CN1CCc2cn(C)nc2C(=O)C1. The molecule has 1 aliphatic heterocycles. The molecule has 2 rings (SSSR count). The second kappa shape index (κ2) is 2.96. The third kappa shape index (κ3) is 1.49. The van der Waals surface area contributed by atoms with Gasteiger partial charge in [0.15, 0.2) is 5.78 Å². The fraction of sp³-hybridized carbons (Fsp3) is 0.556. The Balaban J connectivity index is 2.39. The molecule has 0 radical (unpaired) electrons. The number of aromatic nitrogens is 2. The fourth-order valence-corrected chi connectivity index (χ4v) is 1.67. The monoisotopic (exact) mass is 179 g/mol. The Hall–Kier alpha value is -1.16. The van der Waals surface area contributed by atoms with Crippen LogP contribution in [-0.2, 0) is 13.5 Å². The van der Waals surface area contributed by atoms with E-state index in [1.54, 1.807) is 4.68 Å². The van der Waals surface area contributed by atoms with Crippen LogP contribution in [0.5, 0.6) is 0 Å². The molecule has 0 saturated carbocycles. The van der Waals surface area contributed by atoms with Crippen LogP contribution in [-0.4, -0.2) is 40.6 Å². The number of Topliss-reactive ketones (excluding diaryl/α,β-unsaturated/α-hetero) is 1. The maximum absolute atomic E-state index is 11.6. The van der Waals surface area contributed by atoms with Crippen LogP contribution in [0, 0.1) is 0 Å². The Morgan fingerprint density at radius 2 is 2.23 bits per heavy atom. The van der Waals surface area contributed by atoms with Gasteiger partial charge in [0, 0.05) is 25.4 Å². The maximum Gasteiger partial charge on any atom is 0.197 e. The number of hydrogen-bond acceptors (Lipinski definition) is 3. The number of carbonyl (C=O) groups excluding carboxylic acids is 1. The highest BCUT2D eigenvalue weighted by atomic mass is 16.1. The van der Waals surface area contributed by atoms with Crippen molar-refractivity contribution in [1.29, 1.82) is 0 Å². The first kappa shape index (κ1) is 8.44. The number of fused-ring (bicyclic) bond motifs is 1. The lowest BCUT2D eigenvalue weighted by Gasteiger charge is -2.10. The zero-order chi connectivity index (χ0) is 9.42. The summed E-state index contributed by atoms with van der Waals surface area (Å²) >= 11 is 0. The van der Waals surface area contributed by atoms with Crippen LogP contribution in [0.3, 0.4) is 0 Å². The summed E-state index contributed by atoms with van der Waals surface area (Å²) in [5.74, 6) is 0.135. The summed E-state index contributed by atoms with van der Waals surface area (Å²) < 4.78 is 1.72. The van der Waals surface area contributed by atoms with Gasteiger partial charge in [-0.3, -0.25) is 14.4 Å². The Kier molecular flexibility index (Phi) is 1.92. The van der Waals surface area contributed by atoms with E-state index >= 15 is 0 Å². The molecular weight excluding hydrogens is 166 g/mol. The highest BCUT2D eigenvalue weighted by molar-refractivity contribution is 5.97. The Morgan fingerprint density at radius 1 is 1.46 bits per heavy atom. The number of ketones is 1. The van der Waals surface area contributed by atoms with Crippen LogP contribution in [0.2, 0.25) is 0 Å². The normalized spacial score (nSPS) is 18.5. The van der Waals surface area contributed by atoms with Crippen molar-refractivity contribution >= 4 is 5.78 Å². The molecule has 0 aromatic carbocycles. The Morgan fingerprint density at radius 3 is 3.00 bits per heavy atom. The van der Waals surface area contributed by atoms with Crippen molar-refractivity contribution in [2.45, 2.75) is 6.42 Å². The van der Waals surface area contributed by atoms with Crippen molar-refractivity contribution in [1.82, 2.24) is 14.7 Å². The topological polar surface area (TPSA) is 38.1 Å². The summed E-state index contributed by atoms with van der Waals surface area (Å²) in [6.07, 6.45) is 2.86. The van der Waals surface area contributed by atoms with Gasteiger partial charge < -0.3 is 0 Å². The standard InChI is InChI=1S/C9H13N3O/c1-11-4-3-7-5-12(2)10-9(7)8(13)6-11/h5H,3-4,6H2,1-2H3. The minimum absolute atomic E-state index is 0.135. The number of likely N-dealkylation sites (N-methyl/N-ethyl adjacent to an activating group) is 1. The first-order valence-corrected chi connectivity index (χ1v) is 4.41. The first-order valence-electron chi connectivity index (χ1n) is 4.41. The molecule has 1 aromatic heterocycles. The smallest absolute Gasteiger partial charge is 0.197 e. The molecular formula is C9H13N3O. The summed E-state index contributed by atoms with van der Waals surface area (Å²) in [6.45, 7) is 1.43. The molecule has 0 spiro atoms. The molecule has 0 fully saturated rings. The first-order chi connectivity index (χ1) is 6.16. The maximum atomic E-state index is 11.6. The minimum atomic E-state index is 0.135. The van der Waals surface area contributed by atoms with Gasteiger partial charge in [-0.25, -0.2) is 0 Å². The lowest BCUT2D eigenvalue weighted by molar-refractivity contribution is 0.0948. The van der Waals surface area contributed by atoms with Crippen molar-refractivity contribution < 1.29 is 4.79 Å². The number of carbonyl (C=O) groups is 1. The van der Waals surface area contributed by atoms with Gasteiger partial charge >= 0.3 is 0 Å². The van der Waals surface area contributed by atoms with Gasteiger partial charge in [0.2, 0.25) is 0 Å². The Bertz CT molecular complexity index is 343. The molecule has 4 heteroatoms. The van der Waals surface area contributed by atoms with Crippen molar-refractivity contribution in [2.75, 3.05) is 20.1 Å². The average molecular weight is 179 g/mol. The van der Waals surface area contributed by atoms with E-state index in [4.69, 9.17) is 0 Å². The third-order valence-electron chi connectivity index (χ3n) is 2.35. The highest BCUT2D eigenvalue weighted by Crippen LogP contribution is 2.12. The molecule has 0 atom stereocenters. The second-order valence-electron chi connectivity index (χ2n) is 3.59. The van der Waals surface area contributed by atoms with Gasteiger partial charge in [0.25, 0.3) is 0 Å². The van der Waals surface area contributed by atoms with E-state index in [9.17, 15) is 4.79 Å². The van der Waals surface area contributed by atoms with Gasteiger partial charge in [-0.15, -0.1) is 0 Å². The van der Waals surface area contributed by atoms with Crippen molar-refractivity contribution in [2.24, 2.45) is 7.05 Å². The van der Waals surface area contributed by atoms with Crippen LogP contribution in [0.1, 0.15) is 16.1 Å². The molecule has 0 saturated heterocycles. The second-order valence-corrected chi connectivity index (χ2v) is 3.59. The van der Waals surface area contributed by atoms with Gasteiger partial charge in [-0.1, -0.05) is 0 Å². The molecule has 2 heterocycles. The molecule has 1 aliphatic rings. The van der Waals surface area contributed by atoms with Gasteiger partial charge in [0.1, 0.15) is 5.69 Å². The molecule has 0 aliphatic carbocycles. The van der Waals surface area contributed by atoms with Crippen molar-refractivity contribution in [3.05, 3.63) is 17.5 Å². The summed E-state index contributed by atoms with van der Waals surface area (Å²) in [7, 11) is 3.81. The third-order valence-corrected chi connectivity index (χ3v) is 2.35. The number of nitrogens with zero attached hydrogens (tertiary/aromatic N) is 3. The number of aryl methyl sites for hydroxylation is 1. The van der Waals surface area contributed by atoms with Crippen molar-refractivity contribution in [3.63, 3.8) is 0 Å². The van der Waals surface area contributed by atoms with Gasteiger partial charge in [-0.05, 0) is 13.5 Å². The molecule has 0 N–H and O–H groups in total. The zero-order valence-electron chi connectivity index (χ0n) is 7.95. The lowest BCUT2D eigenvalue weighted by Crippen LogP contribution is -2.25. The highest BCUT2D eigenvalue weighted by Gasteiger charge is 2.21. The molecule has 1 aromatic rings. The molecule has 13 heavy (non-hydrogen) atoms. The summed E-state index contributed by atoms with van der Waals surface area (Å²) in [5.41, 5.74) is 1.74. The molecule has 0 unspecified atom stereocenters. The van der Waals surface area contributed by atoms with Crippen LogP contribution >= 0.6 is 0 Å². The summed E-state index contributed by atoms with van der Waals surface area (Å²) in [6, 6.07) is 0. The Labute approximate surface area is 77.1 Å². The van der Waals surface area contributed by atoms with E-state index < -0.39 is 0 Å². The van der Waals surface area contributed by atoms with Crippen LogP contribution < -0.4 is 0 Å². The van der Waals surface area contributed by atoms with E-state index in [-0.39, 0.29) is 5.78 Å². The predicted octanol–water partition coefficient (Wildman–Crippen LogP) is 0.0907. The van der Waals surface area contributed by atoms with E-state index in [1.165, 1.54) is 0 Å². The lowest BCUT2D eigenvalue weighted by atomic mass is 10.1. The summed E-state index contributed by atoms with van der Waals surface area (Å²) in [4.78, 5) is 13.6. The average Bonchev–Trinajstić information content (AvgIpc) is 2.38. The van der Waals surface area contributed by atoms with Crippen LogP contribution in [0.4, 0.5) is 0 Å². The van der Waals surface area contributed by atoms with Gasteiger partial charge in [-0.2, -0.15) is 5.10 Å². The van der Waals surface area contributed by atoms with Gasteiger partial charge in [0.05, 0.1) is 6.54 Å².